The predicted octanol–water partition coefficient (Wildman–Crippen LogP) is -2.22. The topological polar surface area (TPSA) is 44.0 Å². The maximum Gasteiger partial charge on any atom is 1.00 e. The van der Waals surface area contributed by atoms with E-state index in [1.54, 1.807) is 6.07 Å². The van der Waals surface area contributed by atoms with Crippen LogP contribution in [0, 0.1) is 11.3 Å². The van der Waals surface area contributed by atoms with Gasteiger partial charge in [0.05, 0.1) is 17.9 Å². The van der Waals surface area contributed by atoms with Gasteiger partial charge in [-0.15, -0.1) is 0 Å². The maximum absolute atomic E-state index is 7.32. The zero-order valence-corrected chi connectivity index (χ0v) is 6.53. The van der Waals surface area contributed by atoms with Crippen LogP contribution in [0.3, 0.4) is 0 Å². The van der Waals surface area contributed by atoms with Crippen LogP contribution in [0.15, 0.2) is 0 Å². The molecule has 0 amide bonds. The van der Waals surface area contributed by atoms with Crippen molar-refractivity contribution in [3.63, 3.8) is 0 Å². The molecule has 1 N–H and O–H groups in total. The Bertz CT molecular complexity index is 39.2. The van der Waals surface area contributed by atoms with Gasteiger partial charge in [0.2, 0.25) is 0 Å². The molecule has 0 spiro atoms. The van der Waals surface area contributed by atoms with E-state index in [0.29, 0.717) is 0 Å². The average molecular weight is 118 g/mol. The molecule has 0 saturated heterocycles. The van der Waals surface area contributed by atoms with Crippen LogP contribution in [0.1, 0.15) is 8.35 Å². The third kappa shape index (κ3) is 121. The average Bonchev–Trinajstić information content (AvgIpc) is 1.46. The second-order valence-electron chi connectivity index (χ2n) is 0.224. The molecular weight excluding hydrogens is 112 g/mol. The van der Waals surface area contributed by atoms with Crippen LogP contribution >= 0.6 is 11.9 Å². The molecular formula is C2H5ClNNaO. The van der Waals surface area contributed by atoms with E-state index >= 15 is 0 Å². The van der Waals surface area contributed by atoms with E-state index in [1.165, 1.54) is 6.92 Å². The molecule has 0 saturated carbocycles. The standard InChI is InChI=1S/C2H3N.ClHO.Na.H/c1-2-3;1-2;;/h1H3;2H;;/q;;+1;-1. The van der Waals surface area contributed by atoms with E-state index in [-0.39, 0.29) is 31.0 Å². The summed E-state index contributed by atoms with van der Waals surface area (Å²) in [5, 5.41) is 7.32. The largest absolute Gasteiger partial charge is 1.00 e. The Balaban J connectivity index is -0.0000000105. The SMILES string of the molecule is CC#N.OCl.[H-].[Na+]. The van der Waals surface area contributed by atoms with E-state index in [0.717, 1.165) is 0 Å². The first kappa shape index (κ1) is 15.9. The van der Waals surface area contributed by atoms with Crippen LogP contribution in [-0.4, -0.2) is 4.66 Å². The summed E-state index contributed by atoms with van der Waals surface area (Å²) < 4.78 is 6.47. The molecule has 0 fully saturated rings. The van der Waals surface area contributed by atoms with E-state index in [2.05, 4.69) is 11.9 Å². The Morgan fingerprint density at radius 1 is 1.83 bits per heavy atom. The fraction of sp³-hybridized carbons (Fsp3) is 0.500. The predicted molar refractivity (Wildman–Crippen MR) is 20.5 cm³/mol. The van der Waals surface area contributed by atoms with Crippen LogP contribution in [0.25, 0.3) is 0 Å². The fourth-order valence-corrected chi connectivity index (χ4v) is 0. The first-order valence-electron chi connectivity index (χ1n) is 0.893. The molecule has 6 heavy (non-hydrogen) atoms. The Morgan fingerprint density at radius 3 is 1.83 bits per heavy atom. The van der Waals surface area contributed by atoms with E-state index in [4.69, 9.17) is 9.92 Å². The monoisotopic (exact) mass is 117 g/mol. The maximum atomic E-state index is 7.32. The van der Waals surface area contributed by atoms with Crippen molar-refractivity contribution in [2.45, 2.75) is 6.92 Å². The molecule has 0 rings (SSSR count). The quantitative estimate of drug-likeness (QED) is 0.365. The van der Waals surface area contributed by atoms with Gasteiger partial charge in [-0.1, -0.05) is 0 Å². The molecule has 0 aromatic rings. The summed E-state index contributed by atoms with van der Waals surface area (Å²) >= 11 is 3.64. The molecule has 2 nitrogen and oxygen atoms in total. The molecule has 0 atom stereocenters. The van der Waals surface area contributed by atoms with E-state index < -0.39 is 0 Å². The van der Waals surface area contributed by atoms with Crippen LogP contribution in [0.5, 0.6) is 0 Å². The summed E-state index contributed by atoms with van der Waals surface area (Å²) in [4.78, 5) is 0. The number of nitrogens with zero attached hydrogens (tertiary/aromatic N) is 1. The summed E-state index contributed by atoms with van der Waals surface area (Å²) in [6, 6.07) is 1.75. The fourth-order valence-electron chi connectivity index (χ4n) is 0. The Hall–Kier alpha value is 0.740. The molecule has 0 heterocycles. The molecule has 4 heteroatoms. The summed E-state index contributed by atoms with van der Waals surface area (Å²) in [6.45, 7) is 1.43. The molecule has 0 unspecified atom stereocenters. The Labute approximate surface area is 65.7 Å². The van der Waals surface area contributed by atoms with Gasteiger partial charge in [0.1, 0.15) is 0 Å². The molecule has 0 aliphatic carbocycles. The van der Waals surface area contributed by atoms with Crippen molar-refractivity contribution in [2.24, 2.45) is 0 Å². The van der Waals surface area contributed by atoms with Gasteiger partial charge < -0.3 is 1.43 Å². The van der Waals surface area contributed by atoms with Crippen molar-refractivity contribution in [3.05, 3.63) is 0 Å². The molecule has 32 valence electrons. The van der Waals surface area contributed by atoms with Gasteiger partial charge >= 0.3 is 29.6 Å². The van der Waals surface area contributed by atoms with Crippen LogP contribution in [0.4, 0.5) is 0 Å². The number of halogens is 1. The minimum atomic E-state index is 0. The van der Waals surface area contributed by atoms with E-state index in [9.17, 15) is 0 Å². The molecule has 0 aromatic heterocycles. The van der Waals surface area contributed by atoms with Crippen molar-refractivity contribution in [1.82, 2.24) is 0 Å². The van der Waals surface area contributed by atoms with Gasteiger partial charge in [0.15, 0.2) is 0 Å². The second-order valence-corrected chi connectivity index (χ2v) is 0.224. The third-order valence-electron chi connectivity index (χ3n) is 0. The number of rotatable bonds is 0. The third-order valence-corrected chi connectivity index (χ3v) is 0. The Kier molecular flexibility index (Phi) is 113. The molecule has 0 bridgehead atoms. The molecule has 0 aliphatic rings. The second kappa shape index (κ2) is 42.6. The summed E-state index contributed by atoms with van der Waals surface area (Å²) in [6.07, 6.45) is 0. The molecule has 0 aromatic carbocycles. The van der Waals surface area contributed by atoms with Gasteiger partial charge in [-0.25, -0.2) is 0 Å². The normalized spacial score (nSPS) is 2.33. The Morgan fingerprint density at radius 2 is 1.83 bits per heavy atom. The van der Waals surface area contributed by atoms with Crippen molar-refractivity contribution in [3.8, 4) is 6.07 Å². The van der Waals surface area contributed by atoms with Gasteiger partial charge in [-0.05, 0) is 0 Å². The summed E-state index contributed by atoms with van der Waals surface area (Å²) in [5.74, 6) is 0. The number of hydrogen-bond acceptors (Lipinski definition) is 2. The minimum Gasteiger partial charge on any atom is -1.00 e. The summed E-state index contributed by atoms with van der Waals surface area (Å²) in [7, 11) is 0. The zero-order valence-electron chi connectivity index (χ0n) is 4.77. The van der Waals surface area contributed by atoms with Gasteiger partial charge in [-0.2, -0.15) is 5.26 Å². The van der Waals surface area contributed by atoms with Crippen molar-refractivity contribution >= 4 is 11.9 Å². The van der Waals surface area contributed by atoms with Crippen molar-refractivity contribution < 1.29 is 35.6 Å². The van der Waals surface area contributed by atoms with Gasteiger partial charge in [0, 0.05) is 6.92 Å². The van der Waals surface area contributed by atoms with Crippen molar-refractivity contribution in [2.75, 3.05) is 0 Å². The van der Waals surface area contributed by atoms with Gasteiger partial charge in [0.25, 0.3) is 0 Å². The van der Waals surface area contributed by atoms with Crippen LogP contribution in [0.2, 0.25) is 0 Å². The number of hydrogen-bond donors (Lipinski definition) is 1. The minimum absolute atomic E-state index is 0. The number of nitriles is 1. The summed E-state index contributed by atoms with van der Waals surface area (Å²) in [5.41, 5.74) is 0. The van der Waals surface area contributed by atoms with Gasteiger partial charge in [-0.3, -0.25) is 4.66 Å². The first-order valence-corrected chi connectivity index (χ1v) is 1.23. The first-order chi connectivity index (χ1) is 2.41. The zero-order chi connectivity index (χ0) is 4.71. The van der Waals surface area contributed by atoms with Crippen LogP contribution < -0.4 is 29.6 Å². The molecule has 0 radical (unpaired) electrons. The van der Waals surface area contributed by atoms with Crippen LogP contribution in [-0.2, 0) is 0 Å². The van der Waals surface area contributed by atoms with E-state index in [1.807, 2.05) is 0 Å². The smallest absolute Gasteiger partial charge is 1.00 e. The molecule has 0 aliphatic heterocycles. The van der Waals surface area contributed by atoms with Crippen molar-refractivity contribution in [1.29, 1.82) is 5.26 Å².